The monoisotopic (exact) mass is 438 g/mol. The minimum absolute atomic E-state index is 0.120. The molecule has 29 heavy (non-hydrogen) atoms. The first-order chi connectivity index (χ1) is 13.6. The minimum atomic E-state index is -0.811. The molecule has 1 saturated heterocycles. The second kappa shape index (κ2) is 8.73. The molecule has 0 saturated carbocycles. The molecule has 0 aliphatic carbocycles. The van der Waals surface area contributed by atoms with E-state index in [0.29, 0.717) is 22.2 Å². The molecule has 0 N–H and O–H groups in total. The van der Waals surface area contributed by atoms with Crippen molar-refractivity contribution in [2.75, 3.05) is 19.7 Å². The predicted octanol–water partition coefficient (Wildman–Crippen LogP) is 2.80. The highest BCUT2D eigenvalue weighted by molar-refractivity contribution is 7.99. The first-order valence-corrected chi connectivity index (χ1v) is 10.3. The number of rotatable bonds is 4. The van der Waals surface area contributed by atoms with Gasteiger partial charge < -0.3 is 18.9 Å². The largest absolute Gasteiger partial charge is 0.458 e. The number of carbonyl (C=O) groups excluding carboxylic acids is 2. The van der Waals surface area contributed by atoms with Crippen LogP contribution in [0.4, 0.5) is 0 Å². The summed E-state index contributed by atoms with van der Waals surface area (Å²) in [6, 6.07) is 1.58. The first-order valence-electron chi connectivity index (χ1n) is 9.08. The molecule has 3 rings (SSSR count). The van der Waals surface area contributed by atoms with Crippen LogP contribution in [-0.2, 0) is 21.3 Å². The second-order valence-electron chi connectivity index (χ2n) is 7.58. The quantitative estimate of drug-likeness (QED) is 0.678. The van der Waals surface area contributed by atoms with Gasteiger partial charge in [-0.3, -0.25) is 4.79 Å². The van der Waals surface area contributed by atoms with E-state index in [-0.39, 0.29) is 19.1 Å². The zero-order valence-electron chi connectivity index (χ0n) is 16.7. The molecule has 3 heterocycles. The molecule has 1 amide bonds. The number of amides is 1. The summed E-state index contributed by atoms with van der Waals surface area (Å²) in [4.78, 5) is 35.3. The maximum absolute atomic E-state index is 12.9. The van der Waals surface area contributed by atoms with Crippen LogP contribution < -0.4 is 0 Å². The third kappa shape index (κ3) is 5.49. The Morgan fingerprint density at radius 2 is 2.10 bits per heavy atom. The predicted molar refractivity (Wildman–Crippen MR) is 108 cm³/mol. The van der Waals surface area contributed by atoms with Gasteiger partial charge in [-0.2, -0.15) is 0 Å². The molecule has 1 fully saturated rings. The molecule has 0 spiro atoms. The number of esters is 1. The van der Waals surface area contributed by atoms with Crippen LogP contribution in [0.1, 0.15) is 31.1 Å². The third-order valence-corrected chi connectivity index (χ3v) is 5.54. The van der Waals surface area contributed by atoms with Crippen molar-refractivity contribution in [3.8, 4) is 0 Å². The van der Waals surface area contributed by atoms with Gasteiger partial charge in [-0.25, -0.2) is 14.8 Å². The molecule has 0 unspecified atom stereocenters. The molecule has 2 aromatic heterocycles. The Kier molecular flexibility index (Phi) is 6.50. The van der Waals surface area contributed by atoms with Crippen LogP contribution in [0.15, 0.2) is 34.8 Å². The number of hydrogen-bond donors (Lipinski definition) is 0. The topological polar surface area (TPSA) is 86.5 Å². The van der Waals surface area contributed by atoms with Gasteiger partial charge in [0.2, 0.25) is 0 Å². The highest BCUT2D eigenvalue weighted by Gasteiger charge is 2.33. The minimum Gasteiger partial charge on any atom is -0.458 e. The average Bonchev–Trinajstić information content (AvgIpc) is 3.06. The fraction of sp³-hybridized carbons (Fsp3) is 0.474. The van der Waals surface area contributed by atoms with E-state index in [9.17, 15) is 9.59 Å². The maximum atomic E-state index is 12.9. The van der Waals surface area contributed by atoms with Crippen molar-refractivity contribution in [2.45, 2.75) is 42.7 Å². The van der Waals surface area contributed by atoms with E-state index in [0.717, 1.165) is 5.16 Å². The molecule has 2 aromatic rings. The molecule has 1 aliphatic rings. The van der Waals surface area contributed by atoms with E-state index in [1.54, 1.807) is 37.9 Å². The van der Waals surface area contributed by atoms with Crippen LogP contribution in [0, 0.1) is 0 Å². The standard InChI is InChI=1S/C19H23ClN4O4S/c1-19(2,3)28-17(26)14-11-24(7-8-27-14)16(25)12-9-13(20)15(22-10-12)29-18-21-5-6-23(18)4/h5-6,9-10,14H,7-8,11H2,1-4H3/t14-/m1/s1. The number of ether oxygens (including phenoxy) is 2. The third-order valence-electron chi connectivity index (χ3n) is 4.04. The summed E-state index contributed by atoms with van der Waals surface area (Å²) < 4.78 is 12.7. The first kappa shape index (κ1) is 21.6. The molecular weight excluding hydrogens is 416 g/mol. The molecule has 8 nitrogen and oxygen atoms in total. The maximum Gasteiger partial charge on any atom is 0.337 e. The highest BCUT2D eigenvalue weighted by Crippen LogP contribution is 2.31. The summed E-state index contributed by atoms with van der Waals surface area (Å²) in [5.41, 5.74) is -0.269. The van der Waals surface area contributed by atoms with Gasteiger partial charge in [-0.1, -0.05) is 11.6 Å². The fourth-order valence-electron chi connectivity index (χ4n) is 2.68. The second-order valence-corrected chi connectivity index (χ2v) is 8.94. The van der Waals surface area contributed by atoms with E-state index >= 15 is 0 Å². The molecular formula is C19H23ClN4O4S. The van der Waals surface area contributed by atoms with E-state index in [1.807, 2.05) is 17.8 Å². The zero-order valence-corrected chi connectivity index (χ0v) is 18.3. The Hall–Kier alpha value is -2.10. The summed E-state index contributed by atoms with van der Waals surface area (Å²) in [5.74, 6) is -0.738. The van der Waals surface area contributed by atoms with Crippen LogP contribution in [0.3, 0.4) is 0 Å². The number of morpholine rings is 1. The molecule has 1 atom stereocenters. The number of aromatic nitrogens is 3. The smallest absolute Gasteiger partial charge is 0.337 e. The molecule has 10 heteroatoms. The average molecular weight is 439 g/mol. The Morgan fingerprint density at radius 1 is 1.34 bits per heavy atom. The lowest BCUT2D eigenvalue weighted by Crippen LogP contribution is -2.50. The number of hydrogen-bond acceptors (Lipinski definition) is 7. The van der Waals surface area contributed by atoms with Gasteiger partial charge in [0.25, 0.3) is 5.91 Å². The fourth-order valence-corrected chi connectivity index (χ4v) is 3.72. The summed E-state index contributed by atoms with van der Waals surface area (Å²) in [7, 11) is 1.88. The normalized spacial score (nSPS) is 17.3. The van der Waals surface area contributed by atoms with Gasteiger partial charge in [-0.05, 0) is 38.6 Å². The van der Waals surface area contributed by atoms with Crippen molar-refractivity contribution >= 4 is 35.2 Å². The molecule has 156 valence electrons. The lowest BCUT2D eigenvalue weighted by Gasteiger charge is -2.33. The number of carbonyl (C=O) groups is 2. The van der Waals surface area contributed by atoms with Crippen LogP contribution in [-0.4, -0.2) is 62.7 Å². The van der Waals surface area contributed by atoms with E-state index < -0.39 is 17.7 Å². The summed E-state index contributed by atoms with van der Waals surface area (Å²) in [5, 5.41) is 1.67. The Labute approximate surface area is 178 Å². The van der Waals surface area contributed by atoms with Gasteiger partial charge in [0.05, 0.1) is 23.7 Å². The van der Waals surface area contributed by atoms with Crippen LogP contribution in [0.5, 0.6) is 0 Å². The van der Waals surface area contributed by atoms with Gasteiger partial charge in [-0.15, -0.1) is 0 Å². The Balaban J connectivity index is 1.69. The van der Waals surface area contributed by atoms with Crippen molar-refractivity contribution in [1.82, 2.24) is 19.4 Å². The van der Waals surface area contributed by atoms with Gasteiger partial charge in [0.1, 0.15) is 10.6 Å². The molecule has 0 bridgehead atoms. The van der Waals surface area contributed by atoms with Crippen molar-refractivity contribution in [2.24, 2.45) is 7.05 Å². The van der Waals surface area contributed by atoms with Crippen LogP contribution in [0.2, 0.25) is 5.02 Å². The lowest BCUT2D eigenvalue weighted by molar-refractivity contribution is -0.172. The van der Waals surface area contributed by atoms with E-state index in [1.165, 1.54) is 18.0 Å². The number of imidazole rings is 1. The zero-order chi connectivity index (χ0) is 21.2. The van der Waals surface area contributed by atoms with Gasteiger partial charge in [0, 0.05) is 32.2 Å². The summed E-state index contributed by atoms with van der Waals surface area (Å²) in [6.45, 7) is 6.11. The number of halogens is 1. The molecule has 0 aromatic carbocycles. The van der Waals surface area contributed by atoms with Crippen molar-refractivity contribution < 1.29 is 19.1 Å². The van der Waals surface area contributed by atoms with Crippen molar-refractivity contribution in [3.63, 3.8) is 0 Å². The SMILES string of the molecule is Cn1ccnc1Sc1ncc(C(=O)N2CCO[C@@H](C(=O)OC(C)(C)C)C2)cc1Cl. The van der Waals surface area contributed by atoms with Crippen molar-refractivity contribution in [1.29, 1.82) is 0 Å². The van der Waals surface area contributed by atoms with Crippen molar-refractivity contribution in [3.05, 3.63) is 35.2 Å². The highest BCUT2D eigenvalue weighted by atomic mass is 35.5. The van der Waals surface area contributed by atoms with E-state index in [2.05, 4.69) is 9.97 Å². The lowest BCUT2D eigenvalue weighted by atomic mass is 10.1. The van der Waals surface area contributed by atoms with E-state index in [4.69, 9.17) is 21.1 Å². The summed E-state index contributed by atoms with van der Waals surface area (Å²) >= 11 is 7.66. The number of aryl methyl sites for hydroxylation is 1. The number of nitrogens with zero attached hydrogens (tertiary/aromatic N) is 4. The molecule has 0 radical (unpaired) electrons. The Bertz CT molecular complexity index is 912. The van der Waals surface area contributed by atoms with Crippen LogP contribution in [0.25, 0.3) is 0 Å². The Morgan fingerprint density at radius 3 is 2.72 bits per heavy atom. The summed E-state index contributed by atoms with van der Waals surface area (Å²) in [6.07, 6.45) is 4.19. The number of pyridine rings is 1. The van der Waals surface area contributed by atoms with Gasteiger partial charge in [0.15, 0.2) is 11.3 Å². The van der Waals surface area contributed by atoms with Crippen LogP contribution >= 0.6 is 23.4 Å². The molecule has 1 aliphatic heterocycles. The van der Waals surface area contributed by atoms with Gasteiger partial charge >= 0.3 is 5.97 Å².